The van der Waals surface area contributed by atoms with Gasteiger partial charge in [0.05, 0.1) is 19.8 Å². The molecule has 0 heterocycles. The van der Waals surface area contributed by atoms with Crippen LogP contribution in [0.5, 0.6) is 17.2 Å². The Hall–Kier alpha value is -4.00. The lowest BCUT2D eigenvalue weighted by molar-refractivity contribution is -0.124. The largest absolute Gasteiger partial charge is 0.497 e. The van der Waals surface area contributed by atoms with E-state index in [1.54, 1.807) is 19.2 Å². The second-order valence-electron chi connectivity index (χ2n) is 6.84. The topological polar surface area (TPSA) is 83.1 Å². The smallest absolute Gasteiger partial charge is 0.338 e. The van der Waals surface area contributed by atoms with Crippen molar-refractivity contribution in [2.45, 2.75) is 13.2 Å². The molecule has 0 fully saturated rings. The molecule has 32 heavy (non-hydrogen) atoms. The Morgan fingerprint density at radius 1 is 0.812 bits per heavy atom. The Bertz CT molecular complexity index is 1050. The van der Waals surface area contributed by atoms with Gasteiger partial charge in [-0.05, 0) is 41.5 Å². The van der Waals surface area contributed by atoms with Crippen molar-refractivity contribution in [3.8, 4) is 17.2 Å². The molecule has 0 radical (unpaired) electrons. The number of carbonyl (C=O) groups excluding carboxylic acids is 2. The summed E-state index contributed by atoms with van der Waals surface area (Å²) in [4.78, 5) is 24.4. The Morgan fingerprint density at radius 2 is 1.59 bits per heavy atom. The number of methoxy groups -OCH3 is 2. The van der Waals surface area contributed by atoms with Crippen molar-refractivity contribution in [1.82, 2.24) is 5.32 Å². The zero-order valence-electron chi connectivity index (χ0n) is 18.0. The van der Waals surface area contributed by atoms with Gasteiger partial charge in [-0.2, -0.15) is 0 Å². The quantitative estimate of drug-likeness (QED) is 0.489. The summed E-state index contributed by atoms with van der Waals surface area (Å²) in [5, 5.41) is 2.70. The van der Waals surface area contributed by atoms with Crippen molar-refractivity contribution in [2.24, 2.45) is 0 Å². The molecule has 7 nitrogen and oxygen atoms in total. The number of nitrogens with one attached hydrogen (secondary N) is 1. The molecule has 0 saturated carbocycles. The summed E-state index contributed by atoms with van der Waals surface area (Å²) < 4.78 is 21.4. The molecule has 3 rings (SSSR count). The van der Waals surface area contributed by atoms with Crippen molar-refractivity contribution in [1.29, 1.82) is 0 Å². The van der Waals surface area contributed by atoms with Gasteiger partial charge in [-0.15, -0.1) is 0 Å². The van der Waals surface area contributed by atoms with Crippen molar-refractivity contribution < 1.29 is 28.5 Å². The van der Waals surface area contributed by atoms with Crippen LogP contribution in [-0.2, 0) is 22.7 Å². The number of hydrogen-bond acceptors (Lipinski definition) is 6. The van der Waals surface area contributed by atoms with Crippen LogP contribution in [0, 0.1) is 0 Å². The first kappa shape index (κ1) is 22.7. The number of rotatable bonds is 10. The second-order valence-corrected chi connectivity index (χ2v) is 6.84. The van der Waals surface area contributed by atoms with E-state index in [-0.39, 0.29) is 5.56 Å². The maximum atomic E-state index is 12.4. The SMILES string of the molecule is COc1cccc(CNC(=O)COC(=O)c2ccc(OCc3ccccc3)c(OC)c2)c1. The average molecular weight is 435 g/mol. The van der Waals surface area contributed by atoms with Crippen molar-refractivity contribution in [3.05, 3.63) is 89.5 Å². The summed E-state index contributed by atoms with van der Waals surface area (Å²) in [6.07, 6.45) is 0. The van der Waals surface area contributed by atoms with Gasteiger partial charge < -0.3 is 24.3 Å². The van der Waals surface area contributed by atoms with E-state index in [1.807, 2.05) is 54.6 Å². The maximum absolute atomic E-state index is 12.4. The van der Waals surface area contributed by atoms with Crippen LogP contribution >= 0.6 is 0 Å². The molecule has 166 valence electrons. The van der Waals surface area contributed by atoms with Crippen molar-refractivity contribution in [2.75, 3.05) is 20.8 Å². The molecule has 0 aromatic heterocycles. The molecule has 1 amide bonds. The van der Waals surface area contributed by atoms with E-state index in [1.165, 1.54) is 13.2 Å². The first-order valence-corrected chi connectivity index (χ1v) is 10.0. The van der Waals surface area contributed by atoms with Crippen LogP contribution < -0.4 is 19.5 Å². The van der Waals surface area contributed by atoms with Crippen LogP contribution in [0.15, 0.2) is 72.8 Å². The average Bonchev–Trinajstić information content (AvgIpc) is 2.85. The Labute approximate surface area is 186 Å². The zero-order valence-corrected chi connectivity index (χ0v) is 18.0. The Kier molecular flexibility index (Phi) is 8.09. The van der Waals surface area contributed by atoms with E-state index >= 15 is 0 Å². The lowest BCUT2D eigenvalue weighted by atomic mass is 10.2. The van der Waals surface area contributed by atoms with Crippen LogP contribution in [0.3, 0.4) is 0 Å². The first-order valence-electron chi connectivity index (χ1n) is 10.0. The molecule has 0 unspecified atom stereocenters. The maximum Gasteiger partial charge on any atom is 0.338 e. The van der Waals surface area contributed by atoms with Gasteiger partial charge in [0.2, 0.25) is 0 Å². The number of ether oxygens (including phenoxy) is 4. The first-order chi connectivity index (χ1) is 15.6. The van der Waals surface area contributed by atoms with Crippen LogP contribution in [0.1, 0.15) is 21.5 Å². The summed E-state index contributed by atoms with van der Waals surface area (Å²) in [6, 6.07) is 21.8. The van der Waals surface area contributed by atoms with E-state index in [9.17, 15) is 9.59 Å². The third-order valence-electron chi connectivity index (χ3n) is 4.59. The van der Waals surface area contributed by atoms with E-state index in [0.717, 1.165) is 11.1 Å². The highest BCUT2D eigenvalue weighted by atomic mass is 16.5. The van der Waals surface area contributed by atoms with Crippen LogP contribution in [0.25, 0.3) is 0 Å². The molecule has 0 spiro atoms. The lowest BCUT2D eigenvalue weighted by Crippen LogP contribution is -2.28. The third-order valence-corrected chi connectivity index (χ3v) is 4.59. The van der Waals surface area contributed by atoms with Gasteiger partial charge in [0.1, 0.15) is 12.4 Å². The number of carbonyl (C=O) groups is 2. The highest BCUT2D eigenvalue weighted by molar-refractivity contribution is 5.92. The Balaban J connectivity index is 1.51. The van der Waals surface area contributed by atoms with Gasteiger partial charge in [-0.25, -0.2) is 4.79 Å². The lowest BCUT2D eigenvalue weighted by Gasteiger charge is -2.12. The van der Waals surface area contributed by atoms with E-state index in [0.29, 0.717) is 30.4 Å². The van der Waals surface area contributed by atoms with Gasteiger partial charge in [-0.1, -0.05) is 42.5 Å². The molecular formula is C25H25NO6. The number of hydrogen-bond donors (Lipinski definition) is 1. The molecule has 3 aromatic rings. The molecule has 0 aliphatic heterocycles. The summed E-state index contributed by atoms with van der Waals surface area (Å²) >= 11 is 0. The monoisotopic (exact) mass is 435 g/mol. The van der Waals surface area contributed by atoms with Gasteiger partial charge in [0, 0.05) is 6.54 Å². The molecular weight excluding hydrogens is 410 g/mol. The molecule has 0 atom stereocenters. The highest BCUT2D eigenvalue weighted by Gasteiger charge is 2.14. The molecule has 3 aromatic carbocycles. The Morgan fingerprint density at radius 3 is 2.34 bits per heavy atom. The van der Waals surface area contributed by atoms with Crippen molar-refractivity contribution in [3.63, 3.8) is 0 Å². The molecule has 0 bridgehead atoms. The molecule has 0 saturated heterocycles. The number of benzene rings is 3. The van der Waals surface area contributed by atoms with Gasteiger partial charge in [0.25, 0.3) is 5.91 Å². The molecule has 0 aliphatic rings. The van der Waals surface area contributed by atoms with Crippen molar-refractivity contribution >= 4 is 11.9 Å². The number of amides is 1. The van der Waals surface area contributed by atoms with Gasteiger partial charge >= 0.3 is 5.97 Å². The van der Waals surface area contributed by atoms with E-state index in [4.69, 9.17) is 18.9 Å². The van der Waals surface area contributed by atoms with Crippen LogP contribution in [0.4, 0.5) is 0 Å². The molecule has 7 heteroatoms. The van der Waals surface area contributed by atoms with Crippen LogP contribution in [0.2, 0.25) is 0 Å². The predicted molar refractivity (Wildman–Crippen MR) is 119 cm³/mol. The highest BCUT2D eigenvalue weighted by Crippen LogP contribution is 2.29. The number of esters is 1. The standard InChI is InChI=1S/C25H25NO6/c1-29-21-10-6-9-19(13-21)15-26-24(27)17-32-25(28)20-11-12-22(23(14-20)30-2)31-16-18-7-4-3-5-8-18/h3-14H,15-17H2,1-2H3,(H,26,27). The minimum Gasteiger partial charge on any atom is -0.497 e. The normalized spacial score (nSPS) is 10.2. The van der Waals surface area contributed by atoms with E-state index in [2.05, 4.69) is 5.32 Å². The van der Waals surface area contributed by atoms with Gasteiger partial charge in [-0.3, -0.25) is 4.79 Å². The summed E-state index contributed by atoms with van der Waals surface area (Å²) in [5.41, 5.74) is 2.15. The fourth-order valence-corrected chi connectivity index (χ4v) is 2.90. The van der Waals surface area contributed by atoms with E-state index < -0.39 is 18.5 Å². The molecule has 0 aliphatic carbocycles. The fraction of sp³-hybridized carbons (Fsp3) is 0.200. The van der Waals surface area contributed by atoms with Crippen LogP contribution in [-0.4, -0.2) is 32.7 Å². The second kappa shape index (κ2) is 11.4. The minimum absolute atomic E-state index is 0.259. The summed E-state index contributed by atoms with van der Waals surface area (Å²) in [7, 11) is 3.07. The third kappa shape index (κ3) is 6.50. The van der Waals surface area contributed by atoms with Gasteiger partial charge in [0.15, 0.2) is 18.1 Å². The molecule has 1 N–H and O–H groups in total. The fourth-order valence-electron chi connectivity index (χ4n) is 2.90. The summed E-state index contributed by atoms with van der Waals surface area (Å²) in [5.74, 6) is 0.570. The summed E-state index contributed by atoms with van der Waals surface area (Å²) in [6.45, 7) is 0.278. The predicted octanol–water partition coefficient (Wildman–Crippen LogP) is 3.76. The zero-order chi connectivity index (χ0) is 22.8. The minimum atomic E-state index is -0.630.